The van der Waals surface area contributed by atoms with Gasteiger partial charge in [-0.05, 0) is 37.0 Å². The third kappa shape index (κ3) is 6.64. The number of amides is 1. The van der Waals surface area contributed by atoms with Gasteiger partial charge < -0.3 is 9.88 Å². The molecule has 0 aliphatic heterocycles. The molecule has 7 nitrogen and oxygen atoms in total. The maximum Gasteiger partial charge on any atom is 0.244 e. The number of halogens is 1. The van der Waals surface area contributed by atoms with Crippen molar-refractivity contribution in [1.29, 1.82) is 0 Å². The molecule has 1 heterocycles. The van der Waals surface area contributed by atoms with Crippen LogP contribution in [-0.4, -0.2) is 48.5 Å². The molecule has 10 heteroatoms. The average molecular weight is 415 g/mol. The van der Waals surface area contributed by atoms with Crippen LogP contribution >= 0.6 is 11.8 Å². The van der Waals surface area contributed by atoms with Crippen LogP contribution in [0.25, 0.3) is 0 Å². The summed E-state index contributed by atoms with van der Waals surface area (Å²) in [4.78, 5) is 15.9. The second-order valence-electron chi connectivity index (χ2n) is 5.83. The summed E-state index contributed by atoms with van der Waals surface area (Å²) >= 11 is 1.50. The summed E-state index contributed by atoms with van der Waals surface area (Å²) in [6, 6.07) is 4.13. The molecule has 0 saturated carbocycles. The van der Waals surface area contributed by atoms with E-state index in [-0.39, 0.29) is 0 Å². The van der Waals surface area contributed by atoms with E-state index in [4.69, 9.17) is 0 Å². The molecule has 1 aromatic carbocycles. The minimum Gasteiger partial charge on any atom is -0.355 e. The Balaban J connectivity index is 1.96. The lowest BCUT2D eigenvalue weighted by atomic mass is 10.2. The molecular weight excluding hydrogens is 391 g/mol. The van der Waals surface area contributed by atoms with Gasteiger partial charge in [0.15, 0.2) is 0 Å². The van der Waals surface area contributed by atoms with E-state index in [9.17, 15) is 17.6 Å². The van der Waals surface area contributed by atoms with E-state index in [2.05, 4.69) is 15.0 Å². The minimum atomic E-state index is -4.14. The highest BCUT2D eigenvalue weighted by molar-refractivity contribution is 7.98. The van der Waals surface area contributed by atoms with Gasteiger partial charge in [0.05, 0.1) is 6.33 Å². The highest BCUT2D eigenvalue weighted by atomic mass is 32.2. The van der Waals surface area contributed by atoms with Crippen LogP contribution in [0, 0.1) is 5.82 Å². The molecular formula is C17H23FN4O3S2. The van der Waals surface area contributed by atoms with Crippen LogP contribution < -0.4 is 10.0 Å². The maximum absolute atomic E-state index is 13.8. The number of hydrogen-bond acceptors (Lipinski definition) is 5. The van der Waals surface area contributed by atoms with E-state index in [1.54, 1.807) is 12.5 Å². The highest BCUT2D eigenvalue weighted by Crippen LogP contribution is 2.14. The van der Waals surface area contributed by atoms with Crippen molar-refractivity contribution in [2.45, 2.75) is 30.3 Å². The zero-order valence-corrected chi connectivity index (χ0v) is 16.6. The second-order valence-corrected chi connectivity index (χ2v) is 8.50. The number of imidazole rings is 1. The van der Waals surface area contributed by atoms with Gasteiger partial charge in [0.1, 0.15) is 16.8 Å². The largest absolute Gasteiger partial charge is 0.355 e. The molecule has 0 aliphatic rings. The molecule has 0 saturated heterocycles. The number of benzene rings is 1. The summed E-state index contributed by atoms with van der Waals surface area (Å²) < 4.78 is 43.0. The zero-order chi connectivity index (χ0) is 19.7. The lowest BCUT2D eigenvalue weighted by Gasteiger charge is -2.18. The van der Waals surface area contributed by atoms with Gasteiger partial charge in [-0.3, -0.25) is 4.79 Å². The molecule has 27 heavy (non-hydrogen) atoms. The van der Waals surface area contributed by atoms with Gasteiger partial charge in [-0.2, -0.15) is 16.5 Å². The van der Waals surface area contributed by atoms with Crippen molar-refractivity contribution < 1.29 is 17.6 Å². The normalized spacial score (nSPS) is 12.7. The summed E-state index contributed by atoms with van der Waals surface area (Å²) in [6.45, 7) is 1.09. The highest BCUT2D eigenvalue weighted by Gasteiger charge is 2.27. The summed E-state index contributed by atoms with van der Waals surface area (Å²) in [5, 5.41) is 2.74. The summed E-state index contributed by atoms with van der Waals surface area (Å²) in [5.41, 5.74) is 0. The van der Waals surface area contributed by atoms with Crippen molar-refractivity contribution in [3.05, 3.63) is 48.8 Å². The van der Waals surface area contributed by atoms with Crippen molar-refractivity contribution in [1.82, 2.24) is 19.6 Å². The summed E-state index contributed by atoms with van der Waals surface area (Å²) in [7, 11) is -4.14. The van der Waals surface area contributed by atoms with E-state index in [0.29, 0.717) is 31.7 Å². The number of carbonyl (C=O) groups excluding carboxylic acids is 1. The topological polar surface area (TPSA) is 93.1 Å². The SMILES string of the molecule is CSCCC(NS(=O)(=O)c1ccccc1F)C(=O)NCCCn1ccnc1. The Labute approximate surface area is 162 Å². The lowest BCUT2D eigenvalue weighted by molar-refractivity contribution is -0.122. The van der Waals surface area contributed by atoms with E-state index < -0.39 is 32.7 Å². The molecule has 0 radical (unpaired) electrons. The summed E-state index contributed by atoms with van der Waals surface area (Å²) in [6.07, 6.45) is 8.04. The molecule has 0 spiro atoms. The zero-order valence-electron chi connectivity index (χ0n) is 15.0. The van der Waals surface area contributed by atoms with Crippen molar-refractivity contribution >= 4 is 27.7 Å². The molecule has 0 bridgehead atoms. The third-order valence-corrected chi connectivity index (χ3v) is 5.95. The first-order valence-corrected chi connectivity index (χ1v) is 11.3. The van der Waals surface area contributed by atoms with Crippen molar-refractivity contribution in [2.24, 2.45) is 0 Å². The molecule has 1 atom stereocenters. The minimum absolute atomic E-state index is 0.308. The van der Waals surface area contributed by atoms with E-state index in [0.717, 1.165) is 6.07 Å². The fourth-order valence-electron chi connectivity index (χ4n) is 2.41. The Morgan fingerprint density at radius 2 is 2.15 bits per heavy atom. The Morgan fingerprint density at radius 3 is 2.81 bits per heavy atom. The fraction of sp³-hybridized carbons (Fsp3) is 0.412. The van der Waals surface area contributed by atoms with Crippen LogP contribution in [0.2, 0.25) is 0 Å². The predicted molar refractivity (Wildman–Crippen MR) is 103 cm³/mol. The van der Waals surface area contributed by atoms with Gasteiger partial charge in [-0.25, -0.2) is 17.8 Å². The van der Waals surface area contributed by atoms with E-state index >= 15 is 0 Å². The first kappa shape index (κ1) is 21.4. The van der Waals surface area contributed by atoms with Crippen molar-refractivity contribution in [2.75, 3.05) is 18.6 Å². The van der Waals surface area contributed by atoms with Gasteiger partial charge in [0.2, 0.25) is 15.9 Å². The maximum atomic E-state index is 13.8. The van der Waals surface area contributed by atoms with E-state index in [1.807, 2.05) is 17.0 Å². The number of nitrogens with one attached hydrogen (secondary N) is 2. The molecule has 1 amide bonds. The lowest BCUT2D eigenvalue weighted by Crippen LogP contribution is -2.47. The first-order chi connectivity index (χ1) is 12.9. The first-order valence-electron chi connectivity index (χ1n) is 8.43. The molecule has 2 N–H and O–H groups in total. The molecule has 2 aromatic rings. The Bertz CT molecular complexity index is 828. The van der Waals surface area contributed by atoms with Gasteiger partial charge >= 0.3 is 0 Å². The van der Waals surface area contributed by atoms with Gasteiger partial charge in [0.25, 0.3) is 0 Å². The fourth-order valence-corrected chi connectivity index (χ4v) is 4.19. The monoisotopic (exact) mass is 414 g/mol. The second kappa shape index (κ2) is 10.4. The van der Waals surface area contributed by atoms with Gasteiger partial charge in [-0.1, -0.05) is 12.1 Å². The molecule has 2 rings (SSSR count). The Kier molecular flexibility index (Phi) is 8.26. The van der Waals surface area contributed by atoms with E-state index in [1.165, 1.54) is 30.0 Å². The van der Waals surface area contributed by atoms with Gasteiger partial charge in [-0.15, -0.1) is 0 Å². The third-order valence-electron chi connectivity index (χ3n) is 3.80. The molecule has 0 fully saturated rings. The Hall–Kier alpha value is -1.91. The Morgan fingerprint density at radius 1 is 1.37 bits per heavy atom. The molecule has 1 unspecified atom stereocenters. The number of thioether (sulfide) groups is 1. The van der Waals surface area contributed by atoms with Crippen LogP contribution in [0.4, 0.5) is 4.39 Å². The smallest absolute Gasteiger partial charge is 0.244 e. The van der Waals surface area contributed by atoms with Crippen LogP contribution in [-0.2, 0) is 21.4 Å². The van der Waals surface area contributed by atoms with Crippen LogP contribution in [0.15, 0.2) is 47.9 Å². The van der Waals surface area contributed by atoms with Crippen LogP contribution in [0.1, 0.15) is 12.8 Å². The molecule has 0 aliphatic carbocycles. The van der Waals surface area contributed by atoms with Crippen LogP contribution in [0.5, 0.6) is 0 Å². The van der Waals surface area contributed by atoms with Crippen molar-refractivity contribution in [3.8, 4) is 0 Å². The number of aryl methyl sites for hydroxylation is 1. The van der Waals surface area contributed by atoms with Crippen LogP contribution in [0.3, 0.4) is 0 Å². The number of hydrogen-bond donors (Lipinski definition) is 2. The average Bonchev–Trinajstić information content (AvgIpc) is 3.15. The van der Waals surface area contributed by atoms with Crippen molar-refractivity contribution in [3.63, 3.8) is 0 Å². The standard InChI is InChI=1S/C17H23FN4O3S2/c1-26-12-7-15(17(23)20-8-4-10-22-11-9-19-13-22)21-27(24,25)16-6-3-2-5-14(16)18/h2-3,5-6,9,11,13,15,21H,4,7-8,10,12H2,1H3,(H,20,23). The number of rotatable bonds is 11. The summed E-state index contributed by atoms with van der Waals surface area (Å²) in [5.74, 6) is -0.684. The number of carbonyl (C=O) groups is 1. The quantitative estimate of drug-likeness (QED) is 0.545. The number of sulfonamides is 1. The predicted octanol–water partition coefficient (Wildman–Crippen LogP) is 1.63. The molecule has 148 valence electrons. The number of nitrogens with zero attached hydrogens (tertiary/aromatic N) is 2. The molecule has 1 aromatic heterocycles. The van der Waals surface area contributed by atoms with Gasteiger partial charge in [0, 0.05) is 25.5 Å². The number of aromatic nitrogens is 2.